The molecule has 0 aliphatic carbocycles. The molecule has 1 N–H and O–H groups in total. The molecular formula is C14H19FN2O. The molecule has 0 aromatic heterocycles. The van der Waals surface area contributed by atoms with Crippen LogP contribution in [-0.2, 0) is 11.3 Å². The lowest BCUT2D eigenvalue weighted by Crippen LogP contribution is -2.38. The number of rotatable bonds is 3. The van der Waals surface area contributed by atoms with E-state index in [0.29, 0.717) is 6.54 Å². The van der Waals surface area contributed by atoms with E-state index in [-0.39, 0.29) is 17.6 Å². The summed E-state index contributed by atoms with van der Waals surface area (Å²) in [7, 11) is 2.07. The Morgan fingerprint density at radius 2 is 2.17 bits per heavy atom. The third kappa shape index (κ3) is 3.53. The number of carbonyl (C=O) groups excluding carboxylic acids is 1. The first-order valence-electron chi connectivity index (χ1n) is 6.36. The predicted octanol–water partition coefficient (Wildman–Crippen LogP) is 1.78. The molecule has 0 radical (unpaired) electrons. The molecule has 1 amide bonds. The maximum absolute atomic E-state index is 13.0. The molecule has 2 rings (SSSR count). The van der Waals surface area contributed by atoms with Gasteiger partial charge < -0.3 is 10.2 Å². The van der Waals surface area contributed by atoms with Crippen molar-refractivity contribution in [1.29, 1.82) is 0 Å². The molecule has 1 aromatic rings. The number of nitrogens with one attached hydrogen (secondary N) is 1. The molecule has 1 fully saturated rings. The van der Waals surface area contributed by atoms with Gasteiger partial charge in [-0.25, -0.2) is 4.39 Å². The average Bonchev–Trinajstić information content (AvgIpc) is 2.37. The van der Waals surface area contributed by atoms with Crippen molar-refractivity contribution in [2.24, 2.45) is 5.92 Å². The van der Waals surface area contributed by atoms with Crippen LogP contribution in [0.2, 0.25) is 0 Å². The van der Waals surface area contributed by atoms with Gasteiger partial charge in [0.05, 0.1) is 0 Å². The number of benzene rings is 1. The van der Waals surface area contributed by atoms with Crippen molar-refractivity contribution >= 4 is 5.91 Å². The summed E-state index contributed by atoms with van der Waals surface area (Å²) in [5.41, 5.74) is 0.802. The Hall–Kier alpha value is -1.42. The lowest BCUT2D eigenvalue weighted by Gasteiger charge is -2.28. The zero-order valence-corrected chi connectivity index (χ0v) is 10.7. The molecule has 0 spiro atoms. The van der Waals surface area contributed by atoms with Crippen LogP contribution in [0.5, 0.6) is 0 Å². The smallest absolute Gasteiger partial charge is 0.223 e. The number of hydrogen-bond donors (Lipinski definition) is 1. The van der Waals surface area contributed by atoms with Gasteiger partial charge in [-0.1, -0.05) is 12.1 Å². The largest absolute Gasteiger partial charge is 0.352 e. The molecule has 3 nitrogen and oxygen atoms in total. The van der Waals surface area contributed by atoms with Crippen LogP contribution in [0.1, 0.15) is 18.4 Å². The minimum Gasteiger partial charge on any atom is -0.352 e. The summed E-state index contributed by atoms with van der Waals surface area (Å²) >= 11 is 0. The van der Waals surface area contributed by atoms with Gasteiger partial charge in [-0.05, 0) is 50.7 Å². The molecule has 4 heteroatoms. The van der Waals surface area contributed by atoms with Crippen LogP contribution >= 0.6 is 0 Å². The molecule has 0 unspecified atom stereocenters. The van der Waals surface area contributed by atoms with E-state index in [1.165, 1.54) is 12.1 Å². The van der Waals surface area contributed by atoms with E-state index >= 15 is 0 Å². The first-order valence-corrected chi connectivity index (χ1v) is 6.36. The average molecular weight is 250 g/mol. The molecule has 1 saturated heterocycles. The van der Waals surface area contributed by atoms with Gasteiger partial charge in [-0.3, -0.25) is 4.79 Å². The van der Waals surface area contributed by atoms with Crippen molar-refractivity contribution in [1.82, 2.24) is 10.2 Å². The maximum atomic E-state index is 13.0. The summed E-state index contributed by atoms with van der Waals surface area (Å²) in [4.78, 5) is 14.2. The molecule has 0 saturated carbocycles. The van der Waals surface area contributed by atoms with Crippen molar-refractivity contribution in [3.63, 3.8) is 0 Å². The van der Waals surface area contributed by atoms with E-state index in [1.54, 1.807) is 6.07 Å². The van der Waals surface area contributed by atoms with Crippen LogP contribution in [0.3, 0.4) is 0 Å². The quantitative estimate of drug-likeness (QED) is 0.887. The van der Waals surface area contributed by atoms with Gasteiger partial charge in [0.15, 0.2) is 0 Å². The molecule has 0 atom stereocenters. The number of hydrogen-bond acceptors (Lipinski definition) is 2. The van der Waals surface area contributed by atoms with Crippen LogP contribution in [0.15, 0.2) is 24.3 Å². The van der Waals surface area contributed by atoms with Crippen molar-refractivity contribution in [3.05, 3.63) is 35.6 Å². The summed E-state index contributed by atoms with van der Waals surface area (Å²) in [6.07, 6.45) is 1.82. The maximum Gasteiger partial charge on any atom is 0.223 e. The molecule has 1 heterocycles. The number of likely N-dealkylation sites (tertiary alicyclic amines) is 1. The summed E-state index contributed by atoms with van der Waals surface area (Å²) in [5, 5.41) is 2.89. The first-order chi connectivity index (χ1) is 8.65. The molecule has 1 aromatic carbocycles. The summed E-state index contributed by atoms with van der Waals surface area (Å²) < 4.78 is 13.0. The zero-order valence-electron chi connectivity index (χ0n) is 10.7. The van der Waals surface area contributed by atoms with E-state index < -0.39 is 0 Å². The third-order valence-corrected chi connectivity index (χ3v) is 3.45. The SMILES string of the molecule is CN1CCC(C(=O)NCc2cccc(F)c2)CC1. The van der Waals surface area contributed by atoms with Crippen LogP contribution in [-0.4, -0.2) is 30.9 Å². The van der Waals surface area contributed by atoms with Gasteiger partial charge in [-0.15, -0.1) is 0 Å². The van der Waals surface area contributed by atoms with E-state index in [1.807, 2.05) is 6.07 Å². The highest BCUT2D eigenvalue weighted by Crippen LogP contribution is 2.16. The first kappa shape index (κ1) is 13.0. The lowest BCUT2D eigenvalue weighted by atomic mass is 9.96. The second kappa shape index (κ2) is 5.96. The number of piperidine rings is 1. The van der Waals surface area contributed by atoms with Crippen molar-refractivity contribution in [2.75, 3.05) is 20.1 Å². The second-order valence-electron chi connectivity index (χ2n) is 4.93. The Bertz CT molecular complexity index is 414. The fourth-order valence-electron chi connectivity index (χ4n) is 2.25. The van der Waals surface area contributed by atoms with E-state index in [4.69, 9.17) is 0 Å². The van der Waals surface area contributed by atoms with Crippen LogP contribution in [0.25, 0.3) is 0 Å². The Morgan fingerprint density at radius 1 is 1.44 bits per heavy atom. The second-order valence-corrected chi connectivity index (χ2v) is 4.93. The molecule has 1 aliphatic rings. The number of amides is 1. The van der Waals surface area contributed by atoms with Gasteiger partial charge in [0.25, 0.3) is 0 Å². The van der Waals surface area contributed by atoms with Crippen molar-refractivity contribution < 1.29 is 9.18 Å². The van der Waals surface area contributed by atoms with Gasteiger partial charge in [0.2, 0.25) is 5.91 Å². The third-order valence-electron chi connectivity index (χ3n) is 3.45. The van der Waals surface area contributed by atoms with Gasteiger partial charge in [0.1, 0.15) is 5.82 Å². The fourth-order valence-corrected chi connectivity index (χ4v) is 2.25. The fraction of sp³-hybridized carbons (Fsp3) is 0.500. The molecular weight excluding hydrogens is 231 g/mol. The topological polar surface area (TPSA) is 32.3 Å². The summed E-state index contributed by atoms with van der Waals surface area (Å²) in [6.45, 7) is 2.35. The van der Waals surface area contributed by atoms with Gasteiger partial charge >= 0.3 is 0 Å². The monoisotopic (exact) mass is 250 g/mol. The Kier molecular flexibility index (Phi) is 4.31. The van der Waals surface area contributed by atoms with E-state index in [9.17, 15) is 9.18 Å². The van der Waals surface area contributed by atoms with Gasteiger partial charge in [-0.2, -0.15) is 0 Å². The Labute approximate surface area is 107 Å². The summed E-state index contributed by atoms with van der Waals surface area (Å²) in [6, 6.07) is 6.33. The zero-order chi connectivity index (χ0) is 13.0. The van der Waals surface area contributed by atoms with Crippen molar-refractivity contribution in [3.8, 4) is 0 Å². The number of halogens is 1. The molecule has 18 heavy (non-hydrogen) atoms. The highest BCUT2D eigenvalue weighted by Gasteiger charge is 2.22. The van der Waals surface area contributed by atoms with Crippen molar-refractivity contribution in [2.45, 2.75) is 19.4 Å². The normalized spacial score (nSPS) is 17.7. The molecule has 98 valence electrons. The van der Waals surface area contributed by atoms with Crippen LogP contribution in [0.4, 0.5) is 4.39 Å². The van der Waals surface area contributed by atoms with Gasteiger partial charge in [0, 0.05) is 12.5 Å². The van der Waals surface area contributed by atoms with E-state index in [0.717, 1.165) is 31.5 Å². The highest BCUT2D eigenvalue weighted by molar-refractivity contribution is 5.78. The standard InChI is InChI=1S/C14H19FN2O/c1-17-7-5-12(6-8-17)14(18)16-10-11-3-2-4-13(15)9-11/h2-4,9,12H,5-8,10H2,1H3,(H,16,18). The lowest BCUT2D eigenvalue weighted by molar-refractivity contribution is -0.126. The highest BCUT2D eigenvalue weighted by atomic mass is 19.1. The number of carbonyl (C=O) groups is 1. The molecule has 1 aliphatic heterocycles. The minimum atomic E-state index is -0.263. The predicted molar refractivity (Wildman–Crippen MR) is 68.5 cm³/mol. The minimum absolute atomic E-state index is 0.0901. The summed E-state index contributed by atoms with van der Waals surface area (Å²) in [5.74, 6) is -0.0665. The molecule has 0 bridgehead atoms. The van der Waals surface area contributed by atoms with Crippen LogP contribution in [0, 0.1) is 11.7 Å². The Balaban J connectivity index is 1.81. The number of nitrogens with zero attached hydrogens (tertiary/aromatic N) is 1. The Morgan fingerprint density at radius 3 is 2.83 bits per heavy atom. The van der Waals surface area contributed by atoms with E-state index in [2.05, 4.69) is 17.3 Å². The van der Waals surface area contributed by atoms with Crippen LogP contribution < -0.4 is 5.32 Å².